The third-order valence-electron chi connectivity index (χ3n) is 2.92. The smallest absolute Gasteiger partial charge is 0.265 e. The molecule has 0 aliphatic rings. The lowest BCUT2D eigenvalue weighted by Gasteiger charge is -2.07. The summed E-state index contributed by atoms with van der Waals surface area (Å²) in [5.41, 5.74) is 1.27. The molecule has 5 nitrogen and oxygen atoms in total. The van der Waals surface area contributed by atoms with Crippen molar-refractivity contribution in [2.75, 3.05) is 6.26 Å². The summed E-state index contributed by atoms with van der Waals surface area (Å²) < 4.78 is 1.29. The Morgan fingerprint density at radius 1 is 1.23 bits per heavy atom. The highest BCUT2D eigenvalue weighted by Gasteiger charge is 2.13. The average Bonchev–Trinajstić information content (AvgIpc) is 2.53. The van der Waals surface area contributed by atoms with Gasteiger partial charge in [0.15, 0.2) is 0 Å². The van der Waals surface area contributed by atoms with E-state index in [9.17, 15) is 4.79 Å². The van der Waals surface area contributed by atoms with E-state index < -0.39 is 0 Å². The van der Waals surface area contributed by atoms with E-state index in [0.29, 0.717) is 10.9 Å². The Bertz CT molecular complexity index is 736. The van der Waals surface area contributed by atoms with Gasteiger partial charge in [-0.1, -0.05) is 62.0 Å². The molecule has 0 amide bonds. The molecule has 0 atom stereocenters. The van der Waals surface area contributed by atoms with Crippen molar-refractivity contribution >= 4 is 24.1 Å². The van der Waals surface area contributed by atoms with Crippen LogP contribution in [0.4, 0.5) is 0 Å². The Labute approximate surface area is 133 Å². The molecule has 2 rings (SSSR count). The molecule has 22 heavy (non-hydrogen) atoms. The molecule has 1 aromatic heterocycles. The highest BCUT2D eigenvalue weighted by atomic mass is 32.2. The molecule has 1 aromatic carbocycles. The first-order chi connectivity index (χ1) is 10.6. The fourth-order valence-corrected chi connectivity index (χ4v) is 2.22. The molecular weight excluding hydrogens is 296 g/mol. The Kier molecular flexibility index (Phi) is 5.66. The molecular formula is C16H18N4OS. The van der Waals surface area contributed by atoms with Gasteiger partial charge in [0, 0.05) is 12.1 Å². The van der Waals surface area contributed by atoms with Crippen LogP contribution in [0.1, 0.15) is 31.0 Å². The van der Waals surface area contributed by atoms with Crippen LogP contribution in [0.25, 0.3) is 6.08 Å². The van der Waals surface area contributed by atoms with Gasteiger partial charge in [-0.3, -0.25) is 4.79 Å². The number of hydrogen-bond donors (Lipinski definition) is 0. The van der Waals surface area contributed by atoms with Gasteiger partial charge in [-0.25, -0.2) is 0 Å². The summed E-state index contributed by atoms with van der Waals surface area (Å²) in [5.74, 6) is 0.0113. The van der Waals surface area contributed by atoms with Gasteiger partial charge < -0.3 is 0 Å². The van der Waals surface area contributed by atoms with Crippen molar-refractivity contribution in [2.45, 2.75) is 24.9 Å². The highest BCUT2D eigenvalue weighted by Crippen LogP contribution is 2.11. The van der Waals surface area contributed by atoms with Crippen LogP contribution in [0.5, 0.6) is 0 Å². The summed E-state index contributed by atoms with van der Waals surface area (Å²) in [7, 11) is 0. The van der Waals surface area contributed by atoms with Gasteiger partial charge in [-0.2, -0.15) is 9.78 Å². The van der Waals surface area contributed by atoms with Gasteiger partial charge in [-0.15, -0.1) is 10.2 Å². The second-order valence-electron chi connectivity index (χ2n) is 4.88. The van der Waals surface area contributed by atoms with Gasteiger partial charge in [0.2, 0.25) is 5.16 Å². The van der Waals surface area contributed by atoms with E-state index in [0.717, 1.165) is 5.56 Å². The van der Waals surface area contributed by atoms with E-state index in [4.69, 9.17) is 0 Å². The number of thioether (sulfide) groups is 1. The molecule has 1 heterocycles. The highest BCUT2D eigenvalue weighted by molar-refractivity contribution is 7.98. The van der Waals surface area contributed by atoms with Crippen LogP contribution < -0.4 is 5.56 Å². The predicted molar refractivity (Wildman–Crippen MR) is 91.5 cm³/mol. The summed E-state index contributed by atoms with van der Waals surface area (Å²) in [4.78, 5) is 12.4. The molecule has 0 unspecified atom stereocenters. The van der Waals surface area contributed by atoms with Gasteiger partial charge >= 0.3 is 0 Å². The summed E-state index contributed by atoms with van der Waals surface area (Å²) in [5, 5.41) is 12.7. The van der Waals surface area contributed by atoms with Crippen LogP contribution >= 0.6 is 11.8 Å². The number of rotatable bonds is 5. The van der Waals surface area contributed by atoms with Crippen LogP contribution in [0, 0.1) is 0 Å². The van der Waals surface area contributed by atoms with E-state index in [1.165, 1.54) is 16.4 Å². The maximum Gasteiger partial charge on any atom is 0.297 e. The molecule has 114 valence electrons. The molecule has 0 spiro atoms. The lowest BCUT2D eigenvalue weighted by atomic mass is 10.1. The molecule has 6 heteroatoms. The van der Waals surface area contributed by atoms with E-state index in [-0.39, 0.29) is 11.5 Å². The molecule has 0 radical (unpaired) electrons. The van der Waals surface area contributed by atoms with Crippen molar-refractivity contribution in [1.29, 1.82) is 0 Å². The maximum atomic E-state index is 12.4. The zero-order valence-electron chi connectivity index (χ0n) is 12.8. The van der Waals surface area contributed by atoms with Crippen molar-refractivity contribution in [2.24, 2.45) is 5.10 Å². The standard InChI is InChI=1S/C16H18N4OS/c1-12(2)14-15(21)20(16(22-3)19-18-14)17-11-7-10-13-8-5-4-6-9-13/h4-12H,1-3H3/b10-7+,17-11+. The average molecular weight is 314 g/mol. The second kappa shape index (κ2) is 7.70. The van der Waals surface area contributed by atoms with E-state index in [1.54, 1.807) is 12.3 Å². The number of benzene rings is 1. The third kappa shape index (κ3) is 3.92. The van der Waals surface area contributed by atoms with Gasteiger partial charge in [0.1, 0.15) is 5.69 Å². The Balaban J connectivity index is 2.28. The van der Waals surface area contributed by atoms with E-state index in [2.05, 4.69) is 15.3 Å². The maximum absolute atomic E-state index is 12.4. The first-order valence-corrected chi connectivity index (χ1v) is 8.15. The summed E-state index contributed by atoms with van der Waals surface area (Å²) >= 11 is 1.34. The molecule has 0 bridgehead atoms. The first kappa shape index (κ1) is 16.2. The van der Waals surface area contributed by atoms with E-state index >= 15 is 0 Å². The van der Waals surface area contributed by atoms with Gasteiger partial charge in [-0.05, 0) is 17.9 Å². The molecule has 2 aromatic rings. The van der Waals surface area contributed by atoms with Gasteiger partial charge in [0.25, 0.3) is 5.56 Å². The predicted octanol–water partition coefficient (Wildman–Crippen LogP) is 3.03. The number of nitrogens with zero attached hydrogens (tertiary/aromatic N) is 4. The first-order valence-electron chi connectivity index (χ1n) is 6.93. The van der Waals surface area contributed by atoms with Crippen molar-refractivity contribution in [3.8, 4) is 0 Å². The van der Waals surface area contributed by atoms with Crippen LogP contribution in [0.2, 0.25) is 0 Å². The summed E-state index contributed by atoms with van der Waals surface area (Å²) in [6.45, 7) is 3.82. The van der Waals surface area contributed by atoms with Crippen LogP contribution in [0.15, 0.2) is 51.5 Å². The lowest BCUT2D eigenvalue weighted by Crippen LogP contribution is -2.26. The van der Waals surface area contributed by atoms with Crippen molar-refractivity contribution in [3.05, 3.63) is 58.0 Å². The number of hydrogen-bond acceptors (Lipinski definition) is 5. The minimum Gasteiger partial charge on any atom is -0.265 e. The SMILES string of the molecule is CSc1nnc(C(C)C)c(=O)n1/N=C/C=C/c1ccccc1. The van der Waals surface area contributed by atoms with Crippen molar-refractivity contribution in [1.82, 2.24) is 14.9 Å². The van der Waals surface area contributed by atoms with Crippen molar-refractivity contribution < 1.29 is 0 Å². The summed E-state index contributed by atoms with van der Waals surface area (Å²) in [6, 6.07) is 9.89. The third-order valence-corrected chi connectivity index (χ3v) is 3.54. The summed E-state index contributed by atoms with van der Waals surface area (Å²) in [6.07, 6.45) is 7.14. The van der Waals surface area contributed by atoms with Crippen molar-refractivity contribution in [3.63, 3.8) is 0 Å². The van der Waals surface area contributed by atoms with Crippen LogP contribution in [-0.2, 0) is 0 Å². The fraction of sp³-hybridized carbons (Fsp3) is 0.250. The molecule has 0 aliphatic heterocycles. The topological polar surface area (TPSA) is 60.1 Å². The zero-order valence-corrected chi connectivity index (χ0v) is 13.6. The monoisotopic (exact) mass is 314 g/mol. The van der Waals surface area contributed by atoms with E-state index in [1.807, 2.05) is 56.5 Å². The quantitative estimate of drug-likeness (QED) is 0.629. The Morgan fingerprint density at radius 2 is 1.95 bits per heavy atom. The second-order valence-corrected chi connectivity index (χ2v) is 5.65. The molecule has 0 saturated carbocycles. The Morgan fingerprint density at radius 3 is 2.59 bits per heavy atom. The minimum absolute atomic E-state index is 0.0113. The minimum atomic E-state index is -0.223. The van der Waals surface area contributed by atoms with Crippen LogP contribution in [0.3, 0.4) is 0 Å². The molecule has 0 fully saturated rings. The van der Waals surface area contributed by atoms with Gasteiger partial charge in [0.05, 0.1) is 0 Å². The zero-order chi connectivity index (χ0) is 15.9. The lowest BCUT2D eigenvalue weighted by molar-refractivity contribution is 0.605. The molecule has 0 aliphatic carbocycles. The molecule has 0 saturated heterocycles. The van der Waals surface area contributed by atoms with Crippen LogP contribution in [-0.4, -0.2) is 27.3 Å². The number of aromatic nitrogens is 3. The normalized spacial score (nSPS) is 11.8. The number of allylic oxidation sites excluding steroid dienone is 1. The largest absolute Gasteiger partial charge is 0.297 e. The molecule has 0 N–H and O–H groups in total. The fourth-order valence-electron chi connectivity index (χ4n) is 1.79. The Hall–Kier alpha value is -2.21.